The van der Waals surface area contributed by atoms with Gasteiger partial charge in [0.25, 0.3) is 5.56 Å². The van der Waals surface area contributed by atoms with Crippen LogP contribution in [-0.4, -0.2) is 33.8 Å². The SMILES string of the molecule is Cn1c(=O)c(S(=O)(=O)c2ccccc2)cc2cnc([S+](C)[O-])nc21. The number of hydrogen-bond donors (Lipinski definition) is 0. The van der Waals surface area contributed by atoms with Crippen LogP contribution in [0.5, 0.6) is 0 Å². The van der Waals surface area contributed by atoms with E-state index in [1.807, 2.05) is 0 Å². The molecule has 0 spiro atoms. The van der Waals surface area contributed by atoms with Gasteiger partial charge in [-0.05, 0) is 18.2 Å². The largest absolute Gasteiger partial charge is 0.609 e. The monoisotopic (exact) mass is 363 g/mol. The van der Waals surface area contributed by atoms with Gasteiger partial charge < -0.3 is 4.55 Å². The van der Waals surface area contributed by atoms with E-state index in [1.165, 1.54) is 37.7 Å². The molecule has 1 atom stereocenters. The number of nitrogens with zero attached hydrogens (tertiary/aromatic N) is 3. The number of sulfone groups is 1. The molecule has 7 nitrogen and oxygen atoms in total. The first-order chi connectivity index (χ1) is 11.3. The average Bonchev–Trinajstić information content (AvgIpc) is 2.58. The van der Waals surface area contributed by atoms with Crippen LogP contribution in [0.3, 0.4) is 0 Å². The van der Waals surface area contributed by atoms with Crippen LogP contribution in [0.1, 0.15) is 0 Å². The summed E-state index contributed by atoms with van der Waals surface area (Å²) in [4.78, 5) is 20.3. The molecule has 124 valence electrons. The summed E-state index contributed by atoms with van der Waals surface area (Å²) in [7, 11) is -2.54. The quantitative estimate of drug-likeness (QED) is 0.506. The Kier molecular flexibility index (Phi) is 4.16. The van der Waals surface area contributed by atoms with E-state index < -0.39 is 26.6 Å². The van der Waals surface area contributed by atoms with Crippen LogP contribution < -0.4 is 5.56 Å². The fourth-order valence-electron chi connectivity index (χ4n) is 2.26. The van der Waals surface area contributed by atoms with Crippen molar-refractivity contribution in [3.05, 3.63) is 52.9 Å². The van der Waals surface area contributed by atoms with Gasteiger partial charge in [-0.25, -0.2) is 8.42 Å². The number of pyridine rings is 1. The highest BCUT2D eigenvalue weighted by atomic mass is 32.2. The van der Waals surface area contributed by atoms with Gasteiger partial charge in [0.05, 0.1) is 4.90 Å². The summed E-state index contributed by atoms with van der Waals surface area (Å²) in [6, 6.07) is 8.98. The van der Waals surface area contributed by atoms with Crippen LogP contribution in [0.4, 0.5) is 0 Å². The predicted molar refractivity (Wildman–Crippen MR) is 89.0 cm³/mol. The molecule has 24 heavy (non-hydrogen) atoms. The predicted octanol–water partition coefficient (Wildman–Crippen LogP) is 0.899. The van der Waals surface area contributed by atoms with Crippen LogP contribution in [-0.2, 0) is 28.1 Å². The van der Waals surface area contributed by atoms with E-state index in [-0.39, 0.29) is 20.6 Å². The zero-order chi connectivity index (χ0) is 17.5. The van der Waals surface area contributed by atoms with Crippen molar-refractivity contribution in [2.24, 2.45) is 7.05 Å². The first-order valence-electron chi connectivity index (χ1n) is 6.82. The molecule has 3 aromatic rings. The Morgan fingerprint density at radius 1 is 1.21 bits per heavy atom. The standard InChI is InChI=1S/C15H13N3O4S2/c1-18-13-10(9-16-15(17-13)23(2)20)8-12(14(18)19)24(21,22)11-6-4-3-5-7-11/h3-9H,1-2H3. The fourth-order valence-corrected chi connectivity index (χ4v) is 4.09. The van der Waals surface area contributed by atoms with Gasteiger partial charge in [0.1, 0.15) is 11.2 Å². The fraction of sp³-hybridized carbons (Fsp3) is 0.133. The van der Waals surface area contributed by atoms with E-state index >= 15 is 0 Å². The Balaban J connectivity index is 2.30. The summed E-state index contributed by atoms with van der Waals surface area (Å²) in [5.41, 5.74) is -0.467. The van der Waals surface area contributed by atoms with Crippen molar-refractivity contribution >= 4 is 32.0 Å². The smallest absolute Gasteiger partial charge is 0.344 e. The minimum absolute atomic E-state index is 0.0358. The minimum Gasteiger partial charge on any atom is -0.609 e. The molecule has 2 heterocycles. The number of benzene rings is 1. The summed E-state index contributed by atoms with van der Waals surface area (Å²) in [5.74, 6) is 0. The molecule has 0 saturated carbocycles. The molecule has 0 bridgehead atoms. The number of fused-ring (bicyclic) bond motifs is 1. The number of rotatable bonds is 3. The molecule has 0 N–H and O–H groups in total. The molecular weight excluding hydrogens is 350 g/mol. The summed E-state index contributed by atoms with van der Waals surface area (Å²) in [5, 5.41) is 0.456. The lowest BCUT2D eigenvalue weighted by atomic mass is 10.3. The van der Waals surface area contributed by atoms with Gasteiger partial charge in [0.15, 0.2) is 5.65 Å². The van der Waals surface area contributed by atoms with Crippen molar-refractivity contribution < 1.29 is 13.0 Å². The molecule has 0 amide bonds. The maximum Gasteiger partial charge on any atom is 0.344 e. The van der Waals surface area contributed by atoms with E-state index in [1.54, 1.807) is 18.2 Å². The third-order valence-corrected chi connectivity index (χ3v) is 5.97. The van der Waals surface area contributed by atoms with Crippen LogP contribution in [0, 0.1) is 0 Å². The second-order valence-electron chi connectivity index (χ2n) is 5.07. The Labute approximate surface area is 141 Å². The van der Waals surface area contributed by atoms with Crippen LogP contribution in [0.2, 0.25) is 0 Å². The van der Waals surface area contributed by atoms with E-state index in [9.17, 15) is 17.8 Å². The molecule has 0 aliphatic heterocycles. The van der Waals surface area contributed by atoms with E-state index in [0.29, 0.717) is 5.39 Å². The van der Waals surface area contributed by atoms with Gasteiger partial charge in [0, 0.05) is 29.8 Å². The number of aromatic nitrogens is 3. The van der Waals surface area contributed by atoms with Crippen molar-refractivity contribution in [1.29, 1.82) is 0 Å². The van der Waals surface area contributed by atoms with Gasteiger partial charge in [-0.3, -0.25) is 9.36 Å². The molecule has 1 unspecified atom stereocenters. The maximum atomic E-state index is 12.7. The summed E-state index contributed by atoms with van der Waals surface area (Å²) < 4.78 is 38.1. The molecule has 0 radical (unpaired) electrons. The third kappa shape index (κ3) is 2.70. The highest BCUT2D eigenvalue weighted by molar-refractivity contribution is 7.91. The second kappa shape index (κ2) is 6.00. The van der Waals surface area contributed by atoms with Crippen molar-refractivity contribution in [2.45, 2.75) is 14.9 Å². The molecule has 1 aromatic carbocycles. The molecular formula is C15H13N3O4S2. The van der Waals surface area contributed by atoms with Crippen molar-refractivity contribution in [3.8, 4) is 0 Å². The van der Waals surface area contributed by atoms with Crippen LogP contribution >= 0.6 is 0 Å². The lowest BCUT2D eigenvalue weighted by Crippen LogP contribution is -2.25. The topological polar surface area (TPSA) is 105 Å². The third-order valence-electron chi connectivity index (χ3n) is 3.49. The number of aryl methyl sites for hydroxylation is 1. The molecule has 0 fully saturated rings. The molecule has 0 aliphatic carbocycles. The highest BCUT2D eigenvalue weighted by Gasteiger charge is 2.24. The first kappa shape index (κ1) is 16.6. The Morgan fingerprint density at radius 3 is 2.50 bits per heavy atom. The van der Waals surface area contributed by atoms with E-state index in [4.69, 9.17) is 0 Å². The van der Waals surface area contributed by atoms with Crippen LogP contribution in [0.15, 0.2) is 62.3 Å². The molecule has 3 rings (SSSR count). The Hall–Kier alpha value is -2.23. The molecule has 0 aliphatic rings. The van der Waals surface area contributed by atoms with Crippen molar-refractivity contribution in [1.82, 2.24) is 14.5 Å². The lowest BCUT2D eigenvalue weighted by molar-refractivity contribution is 0.590. The van der Waals surface area contributed by atoms with Gasteiger partial charge in [-0.1, -0.05) is 18.2 Å². The van der Waals surface area contributed by atoms with Gasteiger partial charge in [0.2, 0.25) is 9.84 Å². The molecule has 9 heteroatoms. The second-order valence-corrected chi connectivity index (χ2v) is 8.27. The normalized spacial score (nSPS) is 13.1. The van der Waals surface area contributed by atoms with Crippen molar-refractivity contribution in [2.75, 3.05) is 6.26 Å². The zero-order valence-corrected chi connectivity index (χ0v) is 14.5. The van der Waals surface area contributed by atoms with Gasteiger partial charge in [-0.2, -0.15) is 9.97 Å². The van der Waals surface area contributed by atoms with Gasteiger partial charge in [-0.15, -0.1) is 0 Å². The summed E-state index contributed by atoms with van der Waals surface area (Å²) in [6.45, 7) is 0. The highest BCUT2D eigenvalue weighted by Crippen LogP contribution is 2.21. The Bertz CT molecular complexity index is 1080. The maximum absolute atomic E-state index is 12.7. The van der Waals surface area contributed by atoms with Crippen LogP contribution in [0.25, 0.3) is 11.0 Å². The summed E-state index contributed by atoms with van der Waals surface area (Å²) in [6.07, 6.45) is 2.79. The molecule has 0 saturated heterocycles. The molecule has 2 aromatic heterocycles. The lowest BCUT2D eigenvalue weighted by Gasteiger charge is -2.10. The zero-order valence-electron chi connectivity index (χ0n) is 12.8. The Morgan fingerprint density at radius 2 is 1.88 bits per heavy atom. The van der Waals surface area contributed by atoms with E-state index in [2.05, 4.69) is 9.97 Å². The van der Waals surface area contributed by atoms with Gasteiger partial charge >= 0.3 is 5.16 Å². The minimum atomic E-state index is -3.96. The first-order valence-corrected chi connectivity index (χ1v) is 9.87. The summed E-state index contributed by atoms with van der Waals surface area (Å²) >= 11 is -1.41. The number of hydrogen-bond acceptors (Lipinski definition) is 6. The van der Waals surface area contributed by atoms with Crippen molar-refractivity contribution in [3.63, 3.8) is 0 Å². The average molecular weight is 363 g/mol. The van der Waals surface area contributed by atoms with E-state index in [0.717, 1.165) is 4.57 Å².